The van der Waals surface area contributed by atoms with Crippen LogP contribution in [0.25, 0.3) is 0 Å². The Balaban J connectivity index is 3.14. The maximum Gasteiger partial charge on any atom is 0.379 e. The first-order chi connectivity index (χ1) is 9.86. The van der Waals surface area contributed by atoms with E-state index < -0.39 is 17.5 Å². The van der Waals surface area contributed by atoms with E-state index in [1.807, 2.05) is 6.92 Å². The molecule has 0 atom stereocenters. The van der Waals surface area contributed by atoms with Gasteiger partial charge in [0.15, 0.2) is 5.78 Å². The van der Waals surface area contributed by atoms with Crippen molar-refractivity contribution >= 4 is 17.5 Å². The van der Waals surface area contributed by atoms with Gasteiger partial charge in [-0.05, 0) is 13.8 Å². The van der Waals surface area contributed by atoms with Crippen LogP contribution in [-0.4, -0.2) is 43.1 Å². The molecule has 0 spiro atoms. The third kappa shape index (κ3) is 4.56. The van der Waals surface area contributed by atoms with Gasteiger partial charge in [-0.15, -0.1) is 0 Å². The maximum absolute atomic E-state index is 12.4. The summed E-state index contributed by atoms with van der Waals surface area (Å²) in [5.74, 6) is -2.45. The second-order valence-corrected chi connectivity index (χ2v) is 4.75. The monoisotopic (exact) mass is 289 g/mol. The standard InChI is InChI=1S/C16H19NO4/c1-5-21-16(20)15(19)13(10-17(3)4)14(18)12-8-6-11(2)7-9-12/h6-10H,5H2,1-4H3/b13-10-. The van der Waals surface area contributed by atoms with Crippen LogP contribution in [0, 0.1) is 6.92 Å². The molecule has 0 amide bonds. The number of ether oxygens (including phenoxy) is 1. The normalized spacial score (nSPS) is 11.0. The van der Waals surface area contributed by atoms with Crippen LogP contribution in [-0.2, 0) is 14.3 Å². The van der Waals surface area contributed by atoms with Crippen molar-refractivity contribution in [2.75, 3.05) is 20.7 Å². The number of carbonyl (C=O) groups excluding carboxylic acids is 3. The number of hydrogen-bond acceptors (Lipinski definition) is 5. The van der Waals surface area contributed by atoms with Crippen molar-refractivity contribution in [2.24, 2.45) is 0 Å². The topological polar surface area (TPSA) is 63.7 Å². The first kappa shape index (κ1) is 16.6. The molecule has 0 radical (unpaired) electrons. The van der Waals surface area contributed by atoms with E-state index in [0.29, 0.717) is 5.56 Å². The third-order valence-corrected chi connectivity index (χ3v) is 2.65. The van der Waals surface area contributed by atoms with E-state index in [4.69, 9.17) is 0 Å². The summed E-state index contributed by atoms with van der Waals surface area (Å²) in [5.41, 5.74) is 1.15. The number of rotatable bonds is 6. The number of hydrogen-bond donors (Lipinski definition) is 0. The summed E-state index contributed by atoms with van der Waals surface area (Å²) < 4.78 is 4.67. The predicted octanol–water partition coefficient (Wildman–Crippen LogP) is 1.76. The number of ketones is 2. The van der Waals surface area contributed by atoms with Crippen LogP contribution in [0.1, 0.15) is 22.8 Å². The molecule has 1 rings (SSSR count). The Morgan fingerprint density at radius 3 is 2.19 bits per heavy atom. The fourth-order valence-corrected chi connectivity index (χ4v) is 1.65. The van der Waals surface area contributed by atoms with Crippen LogP contribution in [0.5, 0.6) is 0 Å². The fraction of sp³-hybridized carbons (Fsp3) is 0.312. The lowest BCUT2D eigenvalue weighted by molar-refractivity contribution is -0.151. The highest BCUT2D eigenvalue weighted by Crippen LogP contribution is 2.12. The predicted molar refractivity (Wildman–Crippen MR) is 78.9 cm³/mol. The van der Waals surface area contributed by atoms with Gasteiger partial charge >= 0.3 is 5.97 Å². The summed E-state index contributed by atoms with van der Waals surface area (Å²) in [7, 11) is 3.34. The van der Waals surface area contributed by atoms with Crippen LogP contribution in [0.3, 0.4) is 0 Å². The zero-order chi connectivity index (χ0) is 16.0. The maximum atomic E-state index is 12.4. The van der Waals surface area contributed by atoms with Crippen molar-refractivity contribution in [2.45, 2.75) is 13.8 Å². The quantitative estimate of drug-likeness (QED) is 0.199. The lowest BCUT2D eigenvalue weighted by Gasteiger charge is -2.10. The molecular formula is C16H19NO4. The summed E-state index contributed by atoms with van der Waals surface area (Å²) in [6, 6.07) is 6.80. The molecule has 0 aliphatic carbocycles. The van der Waals surface area contributed by atoms with E-state index in [9.17, 15) is 14.4 Å². The van der Waals surface area contributed by atoms with Gasteiger partial charge in [-0.3, -0.25) is 9.59 Å². The Bertz CT molecular complexity index is 570. The molecule has 0 N–H and O–H groups in total. The molecule has 1 aromatic rings. The average Bonchev–Trinajstić information content (AvgIpc) is 2.44. The highest BCUT2D eigenvalue weighted by molar-refractivity contribution is 6.48. The highest BCUT2D eigenvalue weighted by Gasteiger charge is 2.27. The summed E-state index contributed by atoms with van der Waals surface area (Å²) >= 11 is 0. The molecule has 5 heteroatoms. The lowest BCUT2D eigenvalue weighted by atomic mass is 9.99. The van der Waals surface area contributed by atoms with Gasteiger partial charge < -0.3 is 9.64 Å². The second kappa shape index (κ2) is 7.38. The molecule has 1 aromatic carbocycles. The van der Waals surface area contributed by atoms with Crippen LogP contribution >= 0.6 is 0 Å². The molecule has 0 saturated carbocycles. The third-order valence-electron chi connectivity index (χ3n) is 2.65. The van der Waals surface area contributed by atoms with Crippen LogP contribution < -0.4 is 0 Å². The van der Waals surface area contributed by atoms with Gasteiger partial charge in [0.05, 0.1) is 12.2 Å². The first-order valence-corrected chi connectivity index (χ1v) is 6.57. The smallest absolute Gasteiger partial charge is 0.379 e. The van der Waals surface area contributed by atoms with E-state index in [2.05, 4.69) is 4.74 Å². The van der Waals surface area contributed by atoms with Crippen LogP contribution in [0.15, 0.2) is 36.0 Å². The Kier molecular flexibility index (Phi) is 5.84. The lowest BCUT2D eigenvalue weighted by Crippen LogP contribution is -2.25. The minimum Gasteiger partial charge on any atom is -0.460 e. The average molecular weight is 289 g/mol. The Labute approximate surface area is 124 Å². The largest absolute Gasteiger partial charge is 0.460 e. The zero-order valence-electron chi connectivity index (χ0n) is 12.7. The van der Waals surface area contributed by atoms with Crippen molar-refractivity contribution in [3.8, 4) is 0 Å². The van der Waals surface area contributed by atoms with Crippen LogP contribution in [0.4, 0.5) is 0 Å². The Morgan fingerprint density at radius 1 is 1.14 bits per heavy atom. The molecule has 0 heterocycles. The summed E-state index contributed by atoms with van der Waals surface area (Å²) in [4.78, 5) is 37.6. The summed E-state index contributed by atoms with van der Waals surface area (Å²) in [6.45, 7) is 3.58. The molecule has 0 fully saturated rings. The number of aryl methyl sites for hydroxylation is 1. The molecule has 0 aliphatic rings. The Morgan fingerprint density at radius 2 is 1.71 bits per heavy atom. The molecule has 21 heavy (non-hydrogen) atoms. The van der Waals surface area contributed by atoms with E-state index in [-0.39, 0.29) is 12.2 Å². The van der Waals surface area contributed by atoms with Gasteiger partial charge in [-0.25, -0.2) is 4.79 Å². The highest BCUT2D eigenvalue weighted by atomic mass is 16.5. The molecule has 0 aromatic heterocycles. The summed E-state index contributed by atoms with van der Waals surface area (Å²) in [6.07, 6.45) is 1.33. The van der Waals surface area contributed by atoms with Crippen molar-refractivity contribution in [1.29, 1.82) is 0 Å². The molecule has 0 bridgehead atoms. The van der Waals surface area contributed by atoms with E-state index in [0.717, 1.165) is 5.56 Å². The summed E-state index contributed by atoms with van der Waals surface area (Å²) in [5, 5.41) is 0. The van der Waals surface area contributed by atoms with Gasteiger partial charge in [-0.2, -0.15) is 0 Å². The Hall–Kier alpha value is -2.43. The van der Waals surface area contributed by atoms with Crippen molar-refractivity contribution in [3.05, 3.63) is 47.2 Å². The second-order valence-electron chi connectivity index (χ2n) is 4.75. The molecule has 0 aliphatic heterocycles. The first-order valence-electron chi connectivity index (χ1n) is 6.57. The molecule has 5 nitrogen and oxygen atoms in total. The number of benzene rings is 1. The number of nitrogens with zero attached hydrogens (tertiary/aromatic N) is 1. The molecule has 0 saturated heterocycles. The van der Waals surface area contributed by atoms with E-state index in [1.165, 1.54) is 6.20 Å². The van der Waals surface area contributed by atoms with Crippen molar-refractivity contribution in [3.63, 3.8) is 0 Å². The number of carbonyl (C=O) groups is 3. The van der Waals surface area contributed by atoms with Gasteiger partial charge in [0.25, 0.3) is 5.78 Å². The minimum atomic E-state index is -1.02. The minimum absolute atomic E-state index is 0.0819. The van der Waals surface area contributed by atoms with Gasteiger partial charge in [0.1, 0.15) is 0 Å². The van der Waals surface area contributed by atoms with Gasteiger partial charge in [0.2, 0.25) is 0 Å². The van der Waals surface area contributed by atoms with Crippen molar-refractivity contribution in [1.82, 2.24) is 4.90 Å². The fourth-order valence-electron chi connectivity index (χ4n) is 1.65. The van der Waals surface area contributed by atoms with Gasteiger partial charge in [-0.1, -0.05) is 29.8 Å². The SMILES string of the molecule is CCOC(=O)C(=O)/C(=C\N(C)C)C(=O)c1ccc(C)cc1. The number of esters is 1. The number of Topliss-reactive ketones (excluding diaryl/α,β-unsaturated/α-hetero) is 2. The zero-order valence-corrected chi connectivity index (χ0v) is 12.7. The molecule has 0 unspecified atom stereocenters. The van der Waals surface area contributed by atoms with Gasteiger partial charge in [0, 0.05) is 25.9 Å². The molecular weight excluding hydrogens is 270 g/mol. The van der Waals surface area contributed by atoms with Crippen molar-refractivity contribution < 1.29 is 19.1 Å². The van der Waals surface area contributed by atoms with E-state index >= 15 is 0 Å². The van der Waals surface area contributed by atoms with Crippen LogP contribution in [0.2, 0.25) is 0 Å². The molecule has 112 valence electrons. The van der Waals surface area contributed by atoms with E-state index in [1.54, 1.807) is 50.2 Å².